The summed E-state index contributed by atoms with van der Waals surface area (Å²) in [5.74, 6) is 3.07. The van der Waals surface area contributed by atoms with Crippen molar-refractivity contribution in [2.75, 3.05) is 13.2 Å². The van der Waals surface area contributed by atoms with Gasteiger partial charge in [-0.2, -0.15) is 0 Å². The van der Waals surface area contributed by atoms with Gasteiger partial charge in [0, 0.05) is 6.61 Å². The van der Waals surface area contributed by atoms with Crippen LogP contribution in [0.3, 0.4) is 0 Å². The van der Waals surface area contributed by atoms with Gasteiger partial charge < -0.3 is 4.74 Å². The van der Waals surface area contributed by atoms with E-state index < -0.39 is 0 Å². The minimum absolute atomic E-state index is 0.655. The first-order valence-corrected chi connectivity index (χ1v) is 5.38. The molecule has 1 nitrogen and oxygen atoms in total. The van der Waals surface area contributed by atoms with Crippen molar-refractivity contribution < 1.29 is 4.74 Å². The third-order valence-electron chi connectivity index (χ3n) is 4.59. The lowest BCUT2D eigenvalue weighted by molar-refractivity contribution is 0.0842. The summed E-state index contributed by atoms with van der Waals surface area (Å²) in [6.07, 6.45) is 5.87. The van der Waals surface area contributed by atoms with Gasteiger partial charge in [0.05, 0.1) is 6.61 Å². The first-order valence-electron chi connectivity index (χ1n) is 5.38. The standard InChI is InChI=1S/C11H18O/c1-8-4-9-5-10(8)11(6-9)2-3-12-7-11/h8-10H,2-7H2,1H3. The molecular formula is C11H18O. The predicted molar refractivity (Wildman–Crippen MR) is 47.9 cm³/mol. The zero-order valence-electron chi connectivity index (χ0n) is 7.88. The predicted octanol–water partition coefficient (Wildman–Crippen LogP) is 2.46. The van der Waals surface area contributed by atoms with E-state index >= 15 is 0 Å². The summed E-state index contributed by atoms with van der Waals surface area (Å²) in [5.41, 5.74) is 0.655. The average Bonchev–Trinajstić information content (AvgIpc) is 2.66. The van der Waals surface area contributed by atoms with Crippen molar-refractivity contribution in [2.45, 2.75) is 32.6 Å². The van der Waals surface area contributed by atoms with Crippen molar-refractivity contribution in [3.63, 3.8) is 0 Å². The molecule has 0 aromatic rings. The molecule has 0 radical (unpaired) electrons. The SMILES string of the molecule is CC1CC2CC1C1(CCOC1)C2. The first-order chi connectivity index (χ1) is 5.80. The van der Waals surface area contributed by atoms with E-state index in [4.69, 9.17) is 4.74 Å². The van der Waals surface area contributed by atoms with E-state index in [2.05, 4.69) is 6.92 Å². The summed E-state index contributed by atoms with van der Waals surface area (Å²) in [4.78, 5) is 0. The van der Waals surface area contributed by atoms with Crippen LogP contribution in [0.2, 0.25) is 0 Å². The molecule has 1 aliphatic heterocycles. The Morgan fingerprint density at radius 2 is 2.25 bits per heavy atom. The molecule has 0 aromatic carbocycles. The summed E-state index contributed by atoms with van der Waals surface area (Å²) in [6.45, 7) is 4.57. The van der Waals surface area contributed by atoms with E-state index in [0.717, 1.165) is 31.0 Å². The minimum atomic E-state index is 0.655. The van der Waals surface area contributed by atoms with Crippen LogP contribution in [0.15, 0.2) is 0 Å². The smallest absolute Gasteiger partial charge is 0.0526 e. The Labute approximate surface area is 74.5 Å². The quantitative estimate of drug-likeness (QED) is 0.537. The van der Waals surface area contributed by atoms with E-state index in [1.54, 1.807) is 0 Å². The van der Waals surface area contributed by atoms with Crippen LogP contribution in [0.4, 0.5) is 0 Å². The number of hydrogen-bond donors (Lipinski definition) is 0. The molecule has 0 aromatic heterocycles. The Bertz CT molecular complexity index is 193. The monoisotopic (exact) mass is 166 g/mol. The van der Waals surface area contributed by atoms with E-state index in [9.17, 15) is 0 Å². The van der Waals surface area contributed by atoms with Crippen molar-refractivity contribution in [3.05, 3.63) is 0 Å². The second kappa shape index (κ2) is 2.25. The van der Waals surface area contributed by atoms with Gasteiger partial charge in [0.25, 0.3) is 0 Å². The molecule has 2 bridgehead atoms. The van der Waals surface area contributed by atoms with Crippen LogP contribution in [0, 0.1) is 23.2 Å². The van der Waals surface area contributed by atoms with Gasteiger partial charge in [-0.1, -0.05) is 6.92 Å². The molecule has 0 amide bonds. The van der Waals surface area contributed by atoms with Gasteiger partial charge >= 0.3 is 0 Å². The van der Waals surface area contributed by atoms with Gasteiger partial charge in [-0.15, -0.1) is 0 Å². The molecule has 3 aliphatic rings. The molecule has 1 saturated heterocycles. The molecule has 4 unspecified atom stereocenters. The van der Waals surface area contributed by atoms with Crippen molar-refractivity contribution in [3.8, 4) is 0 Å². The highest BCUT2D eigenvalue weighted by molar-refractivity contribution is 5.04. The van der Waals surface area contributed by atoms with Crippen LogP contribution in [-0.2, 0) is 4.74 Å². The Morgan fingerprint density at radius 1 is 1.33 bits per heavy atom. The van der Waals surface area contributed by atoms with Crippen LogP contribution < -0.4 is 0 Å². The molecule has 3 rings (SSSR count). The first kappa shape index (κ1) is 7.37. The van der Waals surface area contributed by atoms with Gasteiger partial charge in [0.2, 0.25) is 0 Å². The Morgan fingerprint density at radius 3 is 2.83 bits per heavy atom. The summed E-state index contributed by atoms with van der Waals surface area (Å²) in [7, 11) is 0. The highest BCUT2D eigenvalue weighted by Gasteiger charge is 2.55. The molecule has 12 heavy (non-hydrogen) atoms. The van der Waals surface area contributed by atoms with Crippen molar-refractivity contribution in [2.24, 2.45) is 23.2 Å². The Balaban J connectivity index is 1.89. The number of ether oxygens (including phenoxy) is 1. The molecule has 2 saturated carbocycles. The molecular weight excluding hydrogens is 148 g/mol. The van der Waals surface area contributed by atoms with E-state index in [-0.39, 0.29) is 0 Å². The fourth-order valence-electron chi connectivity index (χ4n) is 4.20. The zero-order valence-corrected chi connectivity index (χ0v) is 7.88. The van der Waals surface area contributed by atoms with Gasteiger partial charge in [-0.05, 0) is 48.9 Å². The summed E-state index contributed by atoms with van der Waals surface area (Å²) >= 11 is 0. The molecule has 68 valence electrons. The maximum Gasteiger partial charge on any atom is 0.0526 e. The third-order valence-corrected chi connectivity index (χ3v) is 4.59. The molecule has 1 heterocycles. The summed E-state index contributed by atoms with van der Waals surface area (Å²) in [6, 6.07) is 0. The molecule has 0 N–H and O–H groups in total. The molecule has 3 fully saturated rings. The van der Waals surface area contributed by atoms with Crippen molar-refractivity contribution in [1.82, 2.24) is 0 Å². The second-order valence-corrected chi connectivity index (χ2v) is 5.29. The highest BCUT2D eigenvalue weighted by Crippen LogP contribution is 2.61. The van der Waals surface area contributed by atoms with Crippen LogP contribution in [-0.4, -0.2) is 13.2 Å². The Kier molecular flexibility index (Phi) is 1.39. The lowest BCUT2D eigenvalue weighted by Crippen LogP contribution is -2.32. The average molecular weight is 166 g/mol. The van der Waals surface area contributed by atoms with E-state index in [0.29, 0.717) is 5.41 Å². The third kappa shape index (κ3) is 0.783. The zero-order chi connectivity index (χ0) is 8.18. The molecule has 1 spiro atoms. The lowest BCUT2D eigenvalue weighted by Gasteiger charge is -2.35. The molecule has 4 atom stereocenters. The second-order valence-electron chi connectivity index (χ2n) is 5.29. The van der Waals surface area contributed by atoms with Crippen LogP contribution in [0.5, 0.6) is 0 Å². The summed E-state index contributed by atoms with van der Waals surface area (Å²) in [5, 5.41) is 0. The maximum atomic E-state index is 5.58. The van der Waals surface area contributed by atoms with Gasteiger partial charge in [-0.25, -0.2) is 0 Å². The van der Waals surface area contributed by atoms with Crippen LogP contribution >= 0.6 is 0 Å². The molecule has 1 heteroatoms. The van der Waals surface area contributed by atoms with Crippen molar-refractivity contribution >= 4 is 0 Å². The lowest BCUT2D eigenvalue weighted by atomic mass is 9.68. The topological polar surface area (TPSA) is 9.23 Å². The molecule has 2 aliphatic carbocycles. The van der Waals surface area contributed by atoms with Gasteiger partial charge in [0.15, 0.2) is 0 Å². The van der Waals surface area contributed by atoms with Gasteiger partial charge in [0.1, 0.15) is 0 Å². The highest BCUT2D eigenvalue weighted by atomic mass is 16.5. The van der Waals surface area contributed by atoms with Gasteiger partial charge in [-0.3, -0.25) is 0 Å². The normalized spacial score (nSPS) is 57.2. The fraction of sp³-hybridized carbons (Fsp3) is 1.00. The van der Waals surface area contributed by atoms with E-state index in [1.807, 2.05) is 0 Å². The number of fused-ring (bicyclic) bond motifs is 3. The number of rotatable bonds is 0. The van der Waals surface area contributed by atoms with Crippen LogP contribution in [0.25, 0.3) is 0 Å². The largest absolute Gasteiger partial charge is 0.381 e. The van der Waals surface area contributed by atoms with Crippen LogP contribution in [0.1, 0.15) is 32.6 Å². The minimum Gasteiger partial charge on any atom is -0.381 e. The van der Waals surface area contributed by atoms with Crippen molar-refractivity contribution in [1.29, 1.82) is 0 Å². The summed E-state index contributed by atoms with van der Waals surface area (Å²) < 4.78 is 5.58. The van der Waals surface area contributed by atoms with E-state index in [1.165, 1.54) is 25.7 Å². The Hall–Kier alpha value is -0.0400. The fourth-order valence-corrected chi connectivity index (χ4v) is 4.20. The maximum absolute atomic E-state index is 5.58. The number of hydrogen-bond acceptors (Lipinski definition) is 1.